The van der Waals surface area contributed by atoms with Gasteiger partial charge in [0.2, 0.25) is 5.78 Å². The van der Waals surface area contributed by atoms with Gasteiger partial charge in [-0.1, -0.05) is 19.4 Å². The van der Waals surface area contributed by atoms with Crippen LogP contribution in [0, 0.1) is 28.6 Å². The summed E-state index contributed by atoms with van der Waals surface area (Å²) in [6, 6.07) is 0. The first-order valence-electron chi connectivity index (χ1n) is 11.6. The molecule has 0 bridgehead atoms. The van der Waals surface area contributed by atoms with Gasteiger partial charge in [-0.3, -0.25) is 9.59 Å². The van der Waals surface area contributed by atoms with Crippen molar-refractivity contribution >= 4 is 23.5 Å². The van der Waals surface area contributed by atoms with Gasteiger partial charge >= 0.3 is 11.9 Å². The summed E-state index contributed by atoms with van der Waals surface area (Å²) in [6.07, 6.45) is 9.33. The molecular formula is C25H32O7. The van der Waals surface area contributed by atoms with E-state index in [4.69, 9.17) is 9.84 Å². The number of fused-ring (bicyclic) bond motifs is 5. The van der Waals surface area contributed by atoms with Crippen molar-refractivity contribution in [2.45, 2.75) is 70.8 Å². The molecule has 4 aliphatic rings. The van der Waals surface area contributed by atoms with Crippen molar-refractivity contribution in [2.24, 2.45) is 28.6 Å². The standard InChI is InChI=1S/C25H32O7/c1-23-10-7-16(26)13-15(23)3-4-17-18(23)8-11-24(2)19(17)9-12-25(24,31)20(27)14-32-22(30)6-5-21(28)29/h5-6,13,17-19,31H,3-4,7-12,14H2,1-2H3,(H,28,29)/b6-5-/t17-,18+,19+,23+,24+,25+/m1/s1. The van der Waals surface area contributed by atoms with Crippen LogP contribution < -0.4 is 0 Å². The van der Waals surface area contributed by atoms with Crippen molar-refractivity contribution < 1.29 is 34.1 Å². The quantitative estimate of drug-likeness (QED) is 0.494. The zero-order valence-electron chi connectivity index (χ0n) is 18.8. The predicted molar refractivity (Wildman–Crippen MR) is 114 cm³/mol. The summed E-state index contributed by atoms with van der Waals surface area (Å²) in [4.78, 5) is 47.2. The molecule has 0 aliphatic heterocycles. The van der Waals surface area contributed by atoms with Gasteiger partial charge in [0.1, 0.15) is 5.60 Å². The van der Waals surface area contributed by atoms with Crippen LogP contribution in [0.3, 0.4) is 0 Å². The number of ether oxygens (including phenoxy) is 1. The first-order chi connectivity index (χ1) is 15.0. The number of carboxylic acids is 1. The normalized spacial score (nSPS) is 40.8. The second-order valence-electron chi connectivity index (χ2n) is 10.5. The average Bonchev–Trinajstić information content (AvgIpc) is 3.03. The molecule has 0 saturated heterocycles. The van der Waals surface area contributed by atoms with E-state index >= 15 is 0 Å². The minimum atomic E-state index is -1.56. The second-order valence-corrected chi connectivity index (χ2v) is 10.5. The Kier molecular flexibility index (Phi) is 5.68. The number of ketones is 2. The van der Waals surface area contributed by atoms with Crippen LogP contribution in [-0.4, -0.2) is 45.9 Å². The summed E-state index contributed by atoms with van der Waals surface area (Å²) >= 11 is 0. The lowest BCUT2D eigenvalue weighted by Gasteiger charge is -2.58. The highest BCUT2D eigenvalue weighted by atomic mass is 16.5. The number of Topliss-reactive ketones (excluding diaryl/α,β-unsaturated/α-hetero) is 1. The van der Waals surface area contributed by atoms with Crippen LogP contribution in [0.4, 0.5) is 0 Å². The summed E-state index contributed by atoms with van der Waals surface area (Å²) < 4.78 is 4.92. The smallest absolute Gasteiger partial charge is 0.331 e. The Morgan fingerprint density at radius 1 is 1.06 bits per heavy atom. The van der Waals surface area contributed by atoms with Gasteiger partial charge in [-0.05, 0) is 74.2 Å². The van der Waals surface area contributed by atoms with E-state index in [0.717, 1.165) is 38.2 Å². The number of aliphatic hydroxyl groups is 1. The molecular weight excluding hydrogens is 412 g/mol. The fourth-order valence-electron chi connectivity index (χ4n) is 7.48. The summed E-state index contributed by atoms with van der Waals surface area (Å²) in [5, 5.41) is 20.2. The van der Waals surface area contributed by atoms with E-state index in [-0.39, 0.29) is 17.1 Å². The minimum Gasteiger partial charge on any atom is -0.478 e. The van der Waals surface area contributed by atoms with Gasteiger partial charge in [-0.25, -0.2) is 9.59 Å². The SMILES string of the molecule is C[C@]12CCC(=O)C=C1CC[C@@H]1[C@@H]2CC[C@@]2(C)[C@H]1CC[C@]2(O)C(=O)COC(=O)/C=C\C(=O)O. The molecule has 3 fully saturated rings. The Bertz CT molecular complexity index is 917. The number of rotatable bonds is 5. The molecule has 6 atom stereocenters. The van der Waals surface area contributed by atoms with Crippen molar-refractivity contribution in [1.82, 2.24) is 0 Å². The number of esters is 1. The molecule has 0 aromatic carbocycles. The van der Waals surface area contributed by atoms with E-state index in [1.54, 1.807) is 0 Å². The minimum absolute atomic E-state index is 0.0227. The van der Waals surface area contributed by atoms with Crippen molar-refractivity contribution in [3.63, 3.8) is 0 Å². The largest absolute Gasteiger partial charge is 0.478 e. The van der Waals surface area contributed by atoms with Crippen LogP contribution in [-0.2, 0) is 23.9 Å². The molecule has 0 spiro atoms. The number of hydrogen-bond acceptors (Lipinski definition) is 6. The zero-order valence-corrected chi connectivity index (χ0v) is 18.8. The molecule has 0 radical (unpaired) electrons. The zero-order chi connectivity index (χ0) is 23.3. The molecule has 7 heteroatoms. The molecule has 0 unspecified atom stereocenters. The summed E-state index contributed by atoms with van der Waals surface area (Å²) in [5.74, 6) is -1.43. The molecule has 0 aromatic rings. The van der Waals surface area contributed by atoms with Crippen molar-refractivity contribution in [3.05, 3.63) is 23.8 Å². The number of aliphatic carboxylic acids is 1. The van der Waals surface area contributed by atoms with Crippen LogP contribution in [0.15, 0.2) is 23.8 Å². The van der Waals surface area contributed by atoms with Crippen LogP contribution in [0.2, 0.25) is 0 Å². The van der Waals surface area contributed by atoms with Crippen molar-refractivity contribution in [2.75, 3.05) is 6.61 Å². The van der Waals surface area contributed by atoms with E-state index in [1.165, 1.54) is 5.57 Å². The Morgan fingerprint density at radius 2 is 1.78 bits per heavy atom. The molecule has 3 saturated carbocycles. The lowest BCUT2D eigenvalue weighted by Crippen LogP contribution is -2.58. The maximum atomic E-state index is 13.0. The molecule has 0 aromatic heterocycles. The first kappa shape index (κ1) is 22.9. The molecule has 0 amide bonds. The molecule has 0 heterocycles. The van der Waals surface area contributed by atoms with E-state index < -0.39 is 35.3 Å². The average molecular weight is 445 g/mol. The van der Waals surface area contributed by atoms with E-state index in [1.807, 2.05) is 13.0 Å². The van der Waals surface area contributed by atoms with Crippen LogP contribution >= 0.6 is 0 Å². The third kappa shape index (κ3) is 3.45. The van der Waals surface area contributed by atoms with E-state index in [0.29, 0.717) is 37.2 Å². The number of hydrogen-bond donors (Lipinski definition) is 2. The maximum Gasteiger partial charge on any atom is 0.331 e. The van der Waals surface area contributed by atoms with Crippen LogP contribution in [0.1, 0.15) is 65.2 Å². The Morgan fingerprint density at radius 3 is 2.50 bits per heavy atom. The monoisotopic (exact) mass is 444 g/mol. The van der Waals surface area contributed by atoms with Gasteiger partial charge in [-0.2, -0.15) is 0 Å². The third-order valence-corrected chi connectivity index (χ3v) is 9.28. The highest BCUT2D eigenvalue weighted by Gasteiger charge is 2.66. The van der Waals surface area contributed by atoms with Crippen molar-refractivity contribution in [3.8, 4) is 0 Å². The van der Waals surface area contributed by atoms with E-state index in [9.17, 15) is 24.3 Å². The van der Waals surface area contributed by atoms with Crippen LogP contribution in [0.25, 0.3) is 0 Å². The highest BCUT2D eigenvalue weighted by Crippen LogP contribution is 2.67. The molecule has 2 N–H and O–H groups in total. The maximum absolute atomic E-state index is 13.0. The second kappa shape index (κ2) is 7.94. The fraction of sp³-hybridized carbons (Fsp3) is 0.680. The molecule has 32 heavy (non-hydrogen) atoms. The Labute approximate surface area is 187 Å². The summed E-state index contributed by atoms with van der Waals surface area (Å²) in [5.41, 5.74) is -0.839. The lowest BCUT2D eigenvalue weighted by molar-refractivity contribution is -0.168. The van der Waals surface area contributed by atoms with Gasteiger partial charge < -0.3 is 14.9 Å². The molecule has 174 valence electrons. The van der Waals surface area contributed by atoms with Gasteiger partial charge in [0.25, 0.3) is 0 Å². The number of carbonyl (C=O) groups is 4. The van der Waals surface area contributed by atoms with E-state index in [2.05, 4.69) is 6.92 Å². The number of carbonyl (C=O) groups excluding carboxylic acids is 3. The Balaban J connectivity index is 1.50. The van der Waals surface area contributed by atoms with Gasteiger partial charge in [-0.15, -0.1) is 0 Å². The molecule has 4 rings (SSSR count). The Hall–Kier alpha value is -2.28. The van der Waals surface area contributed by atoms with Gasteiger partial charge in [0.15, 0.2) is 12.4 Å². The first-order valence-corrected chi connectivity index (χ1v) is 11.6. The summed E-state index contributed by atoms with van der Waals surface area (Å²) in [7, 11) is 0. The summed E-state index contributed by atoms with van der Waals surface area (Å²) in [6.45, 7) is 3.73. The number of carboxylic acid groups (broad SMARTS) is 1. The predicted octanol–water partition coefficient (Wildman–Crippen LogP) is 3.00. The topological polar surface area (TPSA) is 118 Å². The molecule has 4 aliphatic carbocycles. The fourth-order valence-corrected chi connectivity index (χ4v) is 7.48. The lowest BCUT2D eigenvalue weighted by atomic mass is 9.46. The highest BCUT2D eigenvalue weighted by molar-refractivity contribution is 5.94. The molecule has 7 nitrogen and oxygen atoms in total. The third-order valence-electron chi connectivity index (χ3n) is 9.28. The van der Waals surface area contributed by atoms with Gasteiger partial charge in [0.05, 0.1) is 0 Å². The van der Waals surface area contributed by atoms with Gasteiger partial charge in [0, 0.05) is 24.0 Å². The van der Waals surface area contributed by atoms with Crippen LogP contribution in [0.5, 0.6) is 0 Å². The number of allylic oxidation sites excluding steroid dienone is 1. The van der Waals surface area contributed by atoms with Crippen molar-refractivity contribution in [1.29, 1.82) is 0 Å².